The van der Waals surface area contributed by atoms with Gasteiger partial charge in [0.1, 0.15) is 18.2 Å². The SMILES string of the molecule is NC[C@@H](/C=C/[C@@H]1[C@H]2CC(=O)O[C@H]2C[C@H]1N=O)N=O. The number of nitrogens with two attached hydrogens (primary N) is 1. The molecule has 0 unspecified atom stereocenters. The highest BCUT2D eigenvalue weighted by Gasteiger charge is 2.49. The van der Waals surface area contributed by atoms with Crippen molar-refractivity contribution in [1.29, 1.82) is 0 Å². The minimum absolute atomic E-state index is 0.0264. The summed E-state index contributed by atoms with van der Waals surface area (Å²) in [6, 6.07) is -1.01. The molecule has 0 spiro atoms. The molecule has 1 aliphatic carbocycles. The largest absolute Gasteiger partial charge is 0.462 e. The fourth-order valence-electron chi connectivity index (χ4n) is 2.71. The topological polar surface area (TPSA) is 111 Å². The summed E-state index contributed by atoms with van der Waals surface area (Å²) in [5.41, 5.74) is 5.36. The quantitative estimate of drug-likeness (QED) is 0.441. The summed E-state index contributed by atoms with van der Waals surface area (Å²) in [4.78, 5) is 32.4. The molecule has 1 saturated heterocycles. The van der Waals surface area contributed by atoms with Crippen LogP contribution in [0.5, 0.6) is 0 Å². The van der Waals surface area contributed by atoms with Crippen molar-refractivity contribution >= 4 is 5.97 Å². The molecule has 7 nitrogen and oxygen atoms in total. The van der Waals surface area contributed by atoms with Crippen molar-refractivity contribution in [3.63, 3.8) is 0 Å². The highest BCUT2D eigenvalue weighted by molar-refractivity contribution is 5.72. The van der Waals surface area contributed by atoms with Crippen LogP contribution in [0.1, 0.15) is 12.8 Å². The van der Waals surface area contributed by atoms with Crippen LogP contribution in [0.2, 0.25) is 0 Å². The van der Waals surface area contributed by atoms with Crippen molar-refractivity contribution in [2.75, 3.05) is 6.54 Å². The maximum atomic E-state index is 11.2. The molecule has 2 aliphatic rings. The van der Waals surface area contributed by atoms with Gasteiger partial charge in [-0.2, -0.15) is 9.81 Å². The van der Waals surface area contributed by atoms with Crippen LogP contribution >= 0.6 is 0 Å². The van der Waals surface area contributed by atoms with E-state index in [0.29, 0.717) is 12.8 Å². The number of ether oxygens (including phenoxy) is 1. The molecule has 0 bridgehead atoms. The van der Waals surface area contributed by atoms with Crippen LogP contribution in [-0.4, -0.2) is 30.7 Å². The molecule has 2 N–H and O–H groups in total. The van der Waals surface area contributed by atoms with E-state index in [0.717, 1.165) is 0 Å². The average molecular weight is 253 g/mol. The first-order valence-corrected chi connectivity index (χ1v) is 5.92. The first kappa shape index (κ1) is 12.8. The van der Waals surface area contributed by atoms with Gasteiger partial charge >= 0.3 is 5.97 Å². The number of fused-ring (bicyclic) bond motifs is 1. The molecular formula is C11H15N3O4. The standard InChI is InChI=1S/C11H15N3O4/c12-5-6(13-16)1-2-7-8-3-11(15)18-10(8)4-9(7)14-17/h1-2,6-10H,3-5,12H2/b2-1+/t6-,7-,8-,9-,10+/m1/s1. The molecule has 1 saturated carbocycles. The van der Waals surface area contributed by atoms with Gasteiger partial charge in [-0.05, 0) is 0 Å². The Morgan fingerprint density at radius 2 is 2.28 bits per heavy atom. The Morgan fingerprint density at radius 1 is 1.50 bits per heavy atom. The first-order chi connectivity index (χ1) is 8.69. The molecule has 2 rings (SSSR count). The highest BCUT2D eigenvalue weighted by Crippen LogP contribution is 2.43. The molecule has 0 aromatic carbocycles. The van der Waals surface area contributed by atoms with E-state index in [2.05, 4.69) is 10.4 Å². The zero-order valence-electron chi connectivity index (χ0n) is 9.77. The number of carbonyl (C=O) groups excluding carboxylic acids is 1. The van der Waals surface area contributed by atoms with Gasteiger partial charge in [0, 0.05) is 24.8 Å². The summed E-state index contributed by atoms with van der Waals surface area (Å²) in [6.07, 6.45) is 3.85. The summed E-state index contributed by atoms with van der Waals surface area (Å²) < 4.78 is 5.13. The molecule has 0 aromatic rings. The summed E-state index contributed by atoms with van der Waals surface area (Å²) >= 11 is 0. The van der Waals surface area contributed by atoms with Gasteiger partial charge in [0.05, 0.1) is 6.42 Å². The highest BCUT2D eigenvalue weighted by atomic mass is 16.6. The minimum atomic E-state index is -0.602. The molecule has 5 atom stereocenters. The Labute approximate surface area is 104 Å². The summed E-state index contributed by atoms with van der Waals surface area (Å²) in [7, 11) is 0. The zero-order valence-corrected chi connectivity index (χ0v) is 9.77. The number of nitrogens with zero attached hydrogens (tertiary/aromatic N) is 2. The zero-order chi connectivity index (χ0) is 13.1. The summed E-state index contributed by atoms with van der Waals surface area (Å²) in [6.45, 7) is 0.120. The van der Waals surface area contributed by atoms with E-state index in [1.807, 2.05) is 0 Å². The summed E-state index contributed by atoms with van der Waals surface area (Å²) in [5, 5.41) is 5.92. The maximum absolute atomic E-state index is 11.2. The third kappa shape index (κ3) is 2.31. The van der Waals surface area contributed by atoms with E-state index in [4.69, 9.17) is 10.5 Å². The van der Waals surface area contributed by atoms with Crippen LogP contribution < -0.4 is 5.73 Å². The number of hydrogen-bond donors (Lipinski definition) is 1. The van der Waals surface area contributed by atoms with Gasteiger partial charge in [-0.3, -0.25) is 4.79 Å². The Bertz CT molecular complexity index is 384. The second-order valence-corrected chi connectivity index (χ2v) is 4.68. The molecule has 0 aromatic heterocycles. The lowest BCUT2D eigenvalue weighted by molar-refractivity contribution is -0.141. The fraction of sp³-hybridized carbons (Fsp3) is 0.727. The minimum Gasteiger partial charge on any atom is -0.462 e. The van der Waals surface area contributed by atoms with Crippen LogP contribution in [0.3, 0.4) is 0 Å². The second-order valence-electron chi connectivity index (χ2n) is 4.68. The van der Waals surface area contributed by atoms with Crippen molar-refractivity contribution < 1.29 is 9.53 Å². The van der Waals surface area contributed by atoms with Gasteiger partial charge in [-0.25, -0.2) is 0 Å². The molecular weight excluding hydrogens is 238 g/mol. The Kier molecular flexibility index (Phi) is 3.81. The van der Waals surface area contributed by atoms with Crippen LogP contribution in [0.25, 0.3) is 0 Å². The van der Waals surface area contributed by atoms with Crippen molar-refractivity contribution in [3.05, 3.63) is 22.0 Å². The van der Waals surface area contributed by atoms with Crippen LogP contribution in [-0.2, 0) is 9.53 Å². The Morgan fingerprint density at radius 3 is 2.89 bits per heavy atom. The van der Waals surface area contributed by atoms with Gasteiger partial charge < -0.3 is 10.5 Å². The summed E-state index contributed by atoms with van der Waals surface area (Å²) in [5.74, 6) is -0.437. The average Bonchev–Trinajstić information content (AvgIpc) is 2.87. The van der Waals surface area contributed by atoms with E-state index in [-0.39, 0.29) is 30.5 Å². The Balaban J connectivity index is 2.10. The molecule has 2 fully saturated rings. The van der Waals surface area contributed by atoms with Gasteiger partial charge in [0.25, 0.3) is 0 Å². The Hall–Kier alpha value is -1.63. The molecule has 18 heavy (non-hydrogen) atoms. The number of carbonyl (C=O) groups is 1. The fourth-order valence-corrected chi connectivity index (χ4v) is 2.71. The molecule has 7 heteroatoms. The van der Waals surface area contributed by atoms with E-state index in [1.54, 1.807) is 12.2 Å². The monoisotopic (exact) mass is 253 g/mol. The third-order valence-electron chi connectivity index (χ3n) is 3.64. The lowest BCUT2D eigenvalue weighted by Crippen LogP contribution is -2.19. The van der Waals surface area contributed by atoms with Gasteiger partial charge in [0.2, 0.25) is 0 Å². The van der Waals surface area contributed by atoms with Gasteiger partial charge in [0.15, 0.2) is 0 Å². The molecule has 1 heterocycles. The van der Waals surface area contributed by atoms with E-state index in [1.165, 1.54) is 0 Å². The van der Waals surface area contributed by atoms with E-state index in [9.17, 15) is 14.6 Å². The molecule has 0 radical (unpaired) electrons. The molecule has 98 valence electrons. The van der Waals surface area contributed by atoms with Gasteiger partial charge in [-0.1, -0.05) is 22.5 Å². The lowest BCUT2D eigenvalue weighted by atomic mass is 9.90. The predicted molar refractivity (Wildman–Crippen MR) is 63.5 cm³/mol. The first-order valence-electron chi connectivity index (χ1n) is 5.92. The van der Waals surface area contributed by atoms with E-state index < -0.39 is 12.1 Å². The number of hydrogen-bond acceptors (Lipinski definition) is 7. The number of rotatable bonds is 5. The normalized spacial score (nSPS) is 36.4. The van der Waals surface area contributed by atoms with Crippen LogP contribution in [0, 0.1) is 21.6 Å². The van der Waals surface area contributed by atoms with Crippen molar-refractivity contribution in [2.45, 2.75) is 31.0 Å². The third-order valence-corrected chi connectivity index (χ3v) is 3.64. The van der Waals surface area contributed by atoms with Crippen LogP contribution in [0.15, 0.2) is 22.5 Å². The molecule has 1 aliphatic heterocycles. The predicted octanol–water partition coefficient (Wildman–Crippen LogP) is 0.723. The van der Waals surface area contributed by atoms with Crippen molar-refractivity contribution in [2.24, 2.45) is 27.9 Å². The smallest absolute Gasteiger partial charge is 0.306 e. The second kappa shape index (κ2) is 5.34. The van der Waals surface area contributed by atoms with Gasteiger partial charge in [-0.15, -0.1) is 0 Å². The van der Waals surface area contributed by atoms with Crippen LogP contribution in [0.4, 0.5) is 0 Å². The van der Waals surface area contributed by atoms with Crippen molar-refractivity contribution in [1.82, 2.24) is 0 Å². The number of nitroso groups, excluding NO2 is 2. The van der Waals surface area contributed by atoms with E-state index >= 15 is 0 Å². The van der Waals surface area contributed by atoms with Crippen molar-refractivity contribution in [3.8, 4) is 0 Å². The number of esters is 1. The maximum Gasteiger partial charge on any atom is 0.306 e. The lowest BCUT2D eigenvalue weighted by Gasteiger charge is -2.13. The molecule has 0 amide bonds.